The Morgan fingerprint density at radius 3 is 2.50 bits per heavy atom. The minimum atomic E-state index is -3.42. The van der Waals surface area contributed by atoms with Crippen molar-refractivity contribution >= 4 is 33.4 Å². The third-order valence-electron chi connectivity index (χ3n) is 3.24. The number of sulfonamides is 1. The van der Waals surface area contributed by atoms with E-state index in [1.165, 1.54) is 28.2 Å². The Kier molecular flexibility index (Phi) is 5.83. The number of benzene rings is 1. The van der Waals surface area contributed by atoms with E-state index in [0.29, 0.717) is 18.8 Å². The summed E-state index contributed by atoms with van der Waals surface area (Å²) in [5.41, 5.74) is 0.544. The first-order valence-corrected chi connectivity index (χ1v) is 9.48. The number of thioether (sulfide) groups is 1. The summed E-state index contributed by atoms with van der Waals surface area (Å²) in [5, 5.41) is 11.1. The van der Waals surface area contributed by atoms with Crippen LogP contribution in [0.2, 0.25) is 0 Å². The first-order valence-electron chi connectivity index (χ1n) is 6.89. The molecule has 0 atom stereocenters. The van der Waals surface area contributed by atoms with Crippen LogP contribution in [0.5, 0.6) is 0 Å². The first kappa shape index (κ1) is 16.8. The number of nitrogens with zero attached hydrogens (tertiary/aromatic N) is 2. The number of carbonyl (C=O) groups is 1. The molecule has 118 valence electrons. The van der Waals surface area contributed by atoms with Crippen LogP contribution in [0.4, 0.5) is 5.69 Å². The van der Waals surface area contributed by atoms with E-state index >= 15 is 0 Å². The highest BCUT2D eigenvalue weighted by Gasteiger charge is 2.26. The van der Waals surface area contributed by atoms with Crippen molar-refractivity contribution < 1.29 is 13.2 Å². The van der Waals surface area contributed by atoms with Crippen LogP contribution in [-0.4, -0.2) is 43.2 Å². The molecule has 1 aromatic carbocycles. The lowest BCUT2D eigenvalue weighted by Gasteiger charge is -2.15. The van der Waals surface area contributed by atoms with Crippen LogP contribution >= 0.6 is 11.8 Å². The van der Waals surface area contributed by atoms with Gasteiger partial charge in [-0.05, 0) is 37.1 Å². The van der Waals surface area contributed by atoms with Crippen molar-refractivity contribution in [3.05, 3.63) is 24.3 Å². The van der Waals surface area contributed by atoms with Gasteiger partial charge in [-0.15, -0.1) is 11.8 Å². The number of carbonyl (C=O) groups excluding carboxylic acids is 1. The minimum Gasteiger partial charge on any atom is -0.325 e. The fraction of sp³-hybridized carbons (Fsp3) is 0.429. The highest BCUT2D eigenvalue weighted by Crippen LogP contribution is 2.22. The van der Waals surface area contributed by atoms with Crippen molar-refractivity contribution in [2.24, 2.45) is 0 Å². The monoisotopic (exact) mass is 339 g/mol. The lowest BCUT2D eigenvalue weighted by molar-refractivity contribution is -0.113. The second kappa shape index (κ2) is 7.63. The summed E-state index contributed by atoms with van der Waals surface area (Å²) in [6.45, 7) is 1.13. The van der Waals surface area contributed by atoms with Crippen LogP contribution in [0.1, 0.15) is 12.8 Å². The van der Waals surface area contributed by atoms with E-state index in [9.17, 15) is 13.2 Å². The first-order chi connectivity index (χ1) is 10.5. The molecule has 1 amide bonds. The summed E-state index contributed by atoms with van der Waals surface area (Å²) in [6.07, 6.45) is 1.79. The Morgan fingerprint density at radius 2 is 1.91 bits per heavy atom. The van der Waals surface area contributed by atoms with Gasteiger partial charge in [-0.25, -0.2) is 8.42 Å². The molecule has 1 aliphatic heterocycles. The Bertz CT molecular complexity index is 660. The lowest BCUT2D eigenvalue weighted by atomic mass is 10.3. The molecule has 1 fully saturated rings. The molecule has 0 unspecified atom stereocenters. The van der Waals surface area contributed by atoms with Gasteiger partial charge < -0.3 is 5.32 Å². The van der Waals surface area contributed by atoms with Crippen LogP contribution in [0.15, 0.2) is 29.2 Å². The number of hydrogen-bond donors (Lipinski definition) is 1. The SMILES string of the molecule is N#CCSCC(=O)Nc1ccc(S(=O)(=O)N2CCCC2)cc1. The van der Waals surface area contributed by atoms with Gasteiger partial charge in [0.15, 0.2) is 0 Å². The number of rotatable bonds is 6. The fourth-order valence-electron chi connectivity index (χ4n) is 2.17. The van der Waals surface area contributed by atoms with Gasteiger partial charge in [0.2, 0.25) is 15.9 Å². The Balaban J connectivity index is 1.98. The molecule has 2 rings (SSSR count). The summed E-state index contributed by atoms with van der Waals surface area (Å²) in [4.78, 5) is 11.9. The number of amides is 1. The Hall–Kier alpha value is -1.56. The van der Waals surface area contributed by atoms with Gasteiger partial charge in [0, 0.05) is 18.8 Å². The topological polar surface area (TPSA) is 90.3 Å². The van der Waals surface area contributed by atoms with Crippen molar-refractivity contribution in [3.8, 4) is 6.07 Å². The highest BCUT2D eigenvalue weighted by molar-refractivity contribution is 8.00. The second-order valence-corrected chi connectivity index (χ2v) is 7.76. The molecule has 8 heteroatoms. The summed E-state index contributed by atoms with van der Waals surface area (Å²) >= 11 is 1.23. The van der Waals surface area contributed by atoms with Crippen molar-refractivity contribution in [2.75, 3.05) is 29.9 Å². The van der Waals surface area contributed by atoms with Gasteiger partial charge >= 0.3 is 0 Å². The smallest absolute Gasteiger partial charge is 0.243 e. The minimum absolute atomic E-state index is 0.196. The largest absolute Gasteiger partial charge is 0.325 e. The molecule has 1 aliphatic rings. The van der Waals surface area contributed by atoms with E-state index in [2.05, 4.69) is 5.32 Å². The van der Waals surface area contributed by atoms with Crippen molar-refractivity contribution in [2.45, 2.75) is 17.7 Å². The lowest BCUT2D eigenvalue weighted by Crippen LogP contribution is -2.27. The maximum atomic E-state index is 12.3. The summed E-state index contributed by atoms with van der Waals surface area (Å²) < 4.78 is 26.2. The van der Waals surface area contributed by atoms with Gasteiger partial charge in [-0.1, -0.05) is 0 Å². The Morgan fingerprint density at radius 1 is 1.27 bits per heavy atom. The van der Waals surface area contributed by atoms with Crippen LogP contribution in [0.25, 0.3) is 0 Å². The summed E-state index contributed by atoms with van der Waals surface area (Å²) in [6, 6.07) is 8.12. The van der Waals surface area contributed by atoms with Crippen LogP contribution in [0.3, 0.4) is 0 Å². The molecule has 1 heterocycles. The number of anilines is 1. The number of nitriles is 1. The quantitative estimate of drug-likeness (QED) is 0.796. The van der Waals surface area contributed by atoms with Gasteiger partial charge in [-0.3, -0.25) is 4.79 Å². The average molecular weight is 339 g/mol. The van der Waals surface area contributed by atoms with Crippen molar-refractivity contribution in [1.29, 1.82) is 5.26 Å². The van der Waals surface area contributed by atoms with Gasteiger partial charge in [0.1, 0.15) is 0 Å². The van der Waals surface area contributed by atoms with E-state index in [-0.39, 0.29) is 22.3 Å². The fourth-order valence-corrected chi connectivity index (χ4v) is 4.14. The molecule has 0 spiro atoms. The zero-order chi connectivity index (χ0) is 16.0. The molecular formula is C14H17N3O3S2. The van der Waals surface area contributed by atoms with Crippen molar-refractivity contribution in [3.63, 3.8) is 0 Å². The molecule has 1 aromatic rings. The molecule has 0 aliphatic carbocycles. The molecule has 0 aromatic heterocycles. The molecule has 22 heavy (non-hydrogen) atoms. The summed E-state index contributed by atoms with van der Waals surface area (Å²) in [7, 11) is -3.42. The third kappa shape index (κ3) is 4.22. The summed E-state index contributed by atoms with van der Waals surface area (Å²) in [5.74, 6) is 0.248. The standard InChI is InChI=1S/C14H17N3O3S2/c15-7-10-21-11-14(18)16-12-3-5-13(6-4-12)22(19,20)17-8-1-2-9-17/h3-6H,1-2,8-11H2,(H,16,18). The molecule has 1 saturated heterocycles. The van der Waals surface area contributed by atoms with E-state index < -0.39 is 10.0 Å². The molecule has 0 radical (unpaired) electrons. The van der Waals surface area contributed by atoms with E-state index in [4.69, 9.17) is 5.26 Å². The molecular weight excluding hydrogens is 322 g/mol. The predicted molar refractivity (Wildman–Crippen MR) is 86.0 cm³/mol. The molecule has 0 saturated carbocycles. The molecule has 0 bridgehead atoms. The predicted octanol–water partition coefficient (Wildman–Crippen LogP) is 1.67. The normalized spacial score (nSPS) is 15.4. The van der Waals surface area contributed by atoms with E-state index in [1.54, 1.807) is 12.1 Å². The van der Waals surface area contributed by atoms with Gasteiger partial charge in [-0.2, -0.15) is 9.57 Å². The van der Waals surface area contributed by atoms with E-state index in [1.807, 2.05) is 6.07 Å². The highest BCUT2D eigenvalue weighted by atomic mass is 32.2. The zero-order valence-electron chi connectivity index (χ0n) is 12.0. The molecule has 1 N–H and O–H groups in total. The Labute approximate surface area is 134 Å². The van der Waals surface area contributed by atoms with Gasteiger partial charge in [0.25, 0.3) is 0 Å². The second-order valence-electron chi connectivity index (χ2n) is 4.83. The maximum absolute atomic E-state index is 12.3. The van der Waals surface area contributed by atoms with Gasteiger partial charge in [0.05, 0.1) is 22.5 Å². The van der Waals surface area contributed by atoms with Crippen LogP contribution < -0.4 is 5.32 Å². The zero-order valence-corrected chi connectivity index (χ0v) is 13.6. The van der Waals surface area contributed by atoms with Crippen molar-refractivity contribution in [1.82, 2.24) is 4.31 Å². The number of nitrogens with one attached hydrogen (secondary N) is 1. The van der Waals surface area contributed by atoms with E-state index in [0.717, 1.165) is 12.8 Å². The van der Waals surface area contributed by atoms with Crippen LogP contribution in [0, 0.1) is 11.3 Å². The van der Waals surface area contributed by atoms with Crippen LogP contribution in [-0.2, 0) is 14.8 Å². The third-order valence-corrected chi connectivity index (χ3v) is 5.95. The molecule has 6 nitrogen and oxygen atoms in total. The maximum Gasteiger partial charge on any atom is 0.243 e. The average Bonchev–Trinajstić information content (AvgIpc) is 3.03. The number of hydrogen-bond acceptors (Lipinski definition) is 5.